The van der Waals surface area contributed by atoms with Crippen molar-refractivity contribution in [2.75, 3.05) is 45.6 Å². The molecule has 38 heavy (non-hydrogen) atoms. The number of aliphatic imine (C=N–C) groups is 1. The fourth-order valence-electron chi connectivity index (χ4n) is 5.13. The first-order valence-corrected chi connectivity index (χ1v) is 15.1. The lowest BCUT2D eigenvalue weighted by Crippen LogP contribution is -2.40. The molecule has 6 nitrogen and oxygen atoms in total. The fourth-order valence-corrected chi connectivity index (χ4v) is 6.30. The van der Waals surface area contributed by atoms with E-state index in [0.717, 1.165) is 43.2 Å². The molecular formula is C29H35Cl2N3O3S. The molecule has 0 spiro atoms. The highest BCUT2D eigenvalue weighted by Crippen LogP contribution is 2.39. The second-order valence-corrected chi connectivity index (χ2v) is 11.3. The lowest BCUT2D eigenvalue weighted by molar-refractivity contribution is -0.133. The molecule has 4 rings (SSSR count). The summed E-state index contributed by atoms with van der Waals surface area (Å²) < 4.78 is 6.01. The summed E-state index contributed by atoms with van der Waals surface area (Å²) in [6.07, 6.45) is 7.41. The summed E-state index contributed by atoms with van der Waals surface area (Å²) in [5, 5.41) is 12.1. The van der Waals surface area contributed by atoms with Crippen LogP contribution in [0.2, 0.25) is 10.0 Å². The van der Waals surface area contributed by atoms with Gasteiger partial charge in [-0.25, -0.2) is 9.79 Å². The average molecular weight is 577 g/mol. The molecule has 0 bridgehead atoms. The van der Waals surface area contributed by atoms with Gasteiger partial charge in [0.2, 0.25) is 0 Å². The fraction of sp³-hybridized carbons (Fsp3) is 0.448. The first-order valence-electron chi connectivity index (χ1n) is 13.1. The van der Waals surface area contributed by atoms with E-state index < -0.39 is 12.0 Å². The molecule has 0 aromatic heterocycles. The monoisotopic (exact) mass is 575 g/mol. The summed E-state index contributed by atoms with van der Waals surface area (Å²) in [5.41, 5.74) is 2.62. The Labute approximate surface area is 239 Å². The van der Waals surface area contributed by atoms with Crippen LogP contribution in [-0.2, 0) is 16.0 Å². The Hall–Kier alpha value is -2.03. The van der Waals surface area contributed by atoms with Gasteiger partial charge < -0.3 is 19.6 Å². The van der Waals surface area contributed by atoms with Gasteiger partial charge >= 0.3 is 5.97 Å². The Morgan fingerprint density at radius 2 is 1.79 bits per heavy atom. The molecule has 2 aliphatic rings. The van der Waals surface area contributed by atoms with E-state index in [4.69, 9.17) is 32.9 Å². The number of piperidine rings is 1. The van der Waals surface area contributed by atoms with Crippen LogP contribution in [0.25, 0.3) is 0 Å². The average Bonchev–Trinajstić information content (AvgIpc) is 2.91. The molecule has 2 aliphatic heterocycles. The van der Waals surface area contributed by atoms with Crippen molar-refractivity contribution < 1.29 is 14.6 Å². The maximum Gasteiger partial charge on any atom is 0.336 e. The minimum atomic E-state index is -1.02. The van der Waals surface area contributed by atoms with Crippen LogP contribution >= 0.6 is 35.0 Å². The van der Waals surface area contributed by atoms with Gasteiger partial charge in [-0.3, -0.25) is 0 Å². The first kappa shape index (κ1) is 29.0. The van der Waals surface area contributed by atoms with E-state index in [2.05, 4.69) is 21.9 Å². The van der Waals surface area contributed by atoms with Gasteiger partial charge in [-0.1, -0.05) is 71.7 Å². The van der Waals surface area contributed by atoms with E-state index in [1.807, 2.05) is 24.5 Å². The molecule has 0 radical (unpaired) electrons. The number of likely N-dealkylation sites (tertiary alicyclic amines) is 1. The molecule has 0 aliphatic carbocycles. The standard InChI is InChI=1S/C29H35Cl2N3O3S/c1-38-29-32-25(20-37-16-15-33-12-6-3-7-13-33)26(28(35)36)27(22-17-23(30)19-24(31)18-22)34(29)14-8-11-21-9-4-2-5-10-21/h2,4-5,9-10,17-19,27H,3,6-8,11-16,20H2,1H3,(H,35,36). The molecule has 0 amide bonds. The van der Waals surface area contributed by atoms with Crippen LogP contribution in [0.5, 0.6) is 0 Å². The number of carbonyl (C=O) groups is 1. The summed E-state index contributed by atoms with van der Waals surface area (Å²) in [6.45, 7) is 4.33. The van der Waals surface area contributed by atoms with E-state index in [1.165, 1.54) is 36.6 Å². The number of thioether (sulfide) groups is 1. The normalized spacial score (nSPS) is 18.6. The number of halogens is 2. The number of aryl methyl sites for hydroxylation is 1. The van der Waals surface area contributed by atoms with Crippen LogP contribution < -0.4 is 0 Å². The highest BCUT2D eigenvalue weighted by Gasteiger charge is 2.37. The zero-order chi connectivity index (χ0) is 26.9. The maximum absolute atomic E-state index is 12.7. The summed E-state index contributed by atoms with van der Waals surface area (Å²) in [7, 11) is 0. The van der Waals surface area contributed by atoms with Crippen molar-refractivity contribution in [3.63, 3.8) is 0 Å². The predicted octanol–water partition coefficient (Wildman–Crippen LogP) is 6.54. The van der Waals surface area contributed by atoms with E-state index in [1.54, 1.807) is 18.2 Å². The minimum Gasteiger partial charge on any atom is -0.478 e. The number of benzene rings is 2. The minimum absolute atomic E-state index is 0.141. The van der Waals surface area contributed by atoms with Crippen molar-refractivity contribution in [3.8, 4) is 0 Å². The zero-order valence-electron chi connectivity index (χ0n) is 21.7. The lowest BCUT2D eigenvalue weighted by Gasteiger charge is -2.38. The Morgan fingerprint density at radius 1 is 1.08 bits per heavy atom. The Morgan fingerprint density at radius 3 is 2.45 bits per heavy atom. The quantitative estimate of drug-likeness (QED) is 0.307. The number of hydrogen-bond acceptors (Lipinski definition) is 6. The zero-order valence-corrected chi connectivity index (χ0v) is 24.1. The van der Waals surface area contributed by atoms with Gasteiger partial charge in [0.25, 0.3) is 0 Å². The van der Waals surface area contributed by atoms with Crippen LogP contribution in [-0.4, -0.2) is 71.7 Å². The SMILES string of the molecule is CSC1=NC(COCCN2CCCCC2)=C(C(=O)O)C(c2cc(Cl)cc(Cl)c2)N1CCCc1ccccc1. The number of nitrogens with zero attached hydrogens (tertiary/aromatic N) is 3. The van der Waals surface area contributed by atoms with E-state index >= 15 is 0 Å². The molecule has 204 valence electrons. The number of carboxylic acid groups (broad SMARTS) is 1. The van der Waals surface area contributed by atoms with E-state index in [9.17, 15) is 9.90 Å². The van der Waals surface area contributed by atoms with Crippen molar-refractivity contribution in [1.29, 1.82) is 0 Å². The van der Waals surface area contributed by atoms with Gasteiger partial charge in [0.1, 0.15) is 0 Å². The van der Waals surface area contributed by atoms with Crippen molar-refractivity contribution in [3.05, 3.63) is 81.0 Å². The number of hydrogen-bond donors (Lipinski definition) is 1. The van der Waals surface area contributed by atoms with Crippen molar-refractivity contribution in [2.24, 2.45) is 4.99 Å². The summed E-state index contributed by atoms with van der Waals surface area (Å²) in [5.74, 6) is -1.02. The molecule has 1 unspecified atom stereocenters. The highest BCUT2D eigenvalue weighted by molar-refractivity contribution is 8.13. The predicted molar refractivity (Wildman–Crippen MR) is 157 cm³/mol. The molecule has 1 N–H and O–H groups in total. The second kappa shape index (κ2) is 14.4. The van der Waals surface area contributed by atoms with Crippen molar-refractivity contribution in [1.82, 2.24) is 9.80 Å². The smallest absolute Gasteiger partial charge is 0.336 e. The Balaban J connectivity index is 1.59. The first-order chi connectivity index (χ1) is 18.5. The molecule has 0 saturated carbocycles. The summed E-state index contributed by atoms with van der Waals surface area (Å²) in [6, 6.07) is 15.0. The van der Waals surface area contributed by atoms with Gasteiger partial charge in [-0.2, -0.15) is 0 Å². The van der Waals surface area contributed by atoms with Crippen molar-refractivity contribution >= 4 is 46.1 Å². The van der Waals surface area contributed by atoms with Crippen LogP contribution in [0.15, 0.2) is 64.8 Å². The maximum atomic E-state index is 12.7. The van der Waals surface area contributed by atoms with Crippen LogP contribution in [0.4, 0.5) is 0 Å². The second-order valence-electron chi connectivity index (χ2n) is 9.61. The van der Waals surface area contributed by atoms with Crippen molar-refractivity contribution in [2.45, 2.75) is 38.1 Å². The third-order valence-electron chi connectivity index (χ3n) is 6.93. The highest BCUT2D eigenvalue weighted by atomic mass is 35.5. The van der Waals surface area contributed by atoms with E-state index in [-0.39, 0.29) is 12.2 Å². The lowest BCUT2D eigenvalue weighted by atomic mass is 9.94. The molecule has 2 heterocycles. The van der Waals surface area contributed by atoms with Gasteiger partial charge in [0.05, 0.1) is 30.5 Å². The van der Waals surface area contributed by atoms with Crippen LogP contribution in [0.1, 0.15) is 42.9 Å². The molecular weight excluding hydrogens is 541 g/mol. The number of carboxylic acids is 1. The topological polar surface area (TPSA) is 65.4 Å². The van der Waals surface area contributed by atoms with Crippen LogP contribution in [0.3, 0.4) is 0 Å². The third-order valence-corrected chi connectivity index (χ3v) is 8.06. The van der Waals surface area contributed by atoms with E-state index in [0.29, 0.717) is 28.9 Å². The van der Waals surface area contributed by atoms with Gasteiger partial charge in [-0.05, 0) is 74.4 Å². The third kappa shape index (κ3) is 7.76. The Kier molecular flexibility index (Phi) is 11.0. The Bertz CT molecular complexity index is 1130. The molecule has 1 atom stereocenters. The number of aliphatic carboxylic acids is 1. The van der Waals surface area contributed by atoms with Crippen LogP contribution in [0, 0.1) is 0 Å². The number of amidine groups is 1. The van der Waals surface area contributed by atoms with Gasteiger partial charge in [0.15, 0.2) is 5.17 Å². The largest absolute Gasteiger partial charge is 0.478 e. The molecule has 1 saturated heterocycles. The molecule has 1 fully saturated rings. The summed E-state index contributed by atoms with van der Waals surface area (Å²) in [4.78, 5) is 22.0. The molecule has 2 aromatic rings. The number of ether oxygens (including phenoxy) is 1. The number of rotatable bonds is 11. The summed E-state index contributed by atoms with van der Waals surface area (Å²) >= 11 is 14.3. The molecule has 9 heteroatoms. The van der Waals surface area contributed by atoms with Gasteiger partial charge in [0, 0.05) is 23.1 Å². The molecule has 2 aromatic carbocycles. The van der Waals surface area contributed by atoms with Gasteiger partial charge in [-0.15, -0.1) is 0 Å².